The largest absolute Gasteiger partial charge is 0.390 e. The van der Waals surface area contributed by atoms with E-state index in [1.54, 1.807) is 6.33 Å². The fourth-order valence-corrected chi connectivity index (χ4v) is 5.53. The number of amides is 1. The molecule has 0 radical (unpaired) electrons. The summed E-state index contributed by atoms with van der Waals surface area (Å²) < 4.78 is 0. The number of carbonyl (C=O) groups excluding carboxylic acids is 1. The highest BCUT2D eigenvalue weighted by Gasteiger charge is 2.55. The maximum Gasteiger partial charge on any atom is 0.251 e. The number of aromatic nitrogens is 2. The summed E-state index contributed by atoms with van der Waals surface area (Å²) in [5.41, 5.74) is 1.98. The van der Waals surface area contributed by atoms with Gasteiger partial charge in [0.25, 0.3) is 5.91 Å². The number of hydrogen-bond acceptors (Lipinski definition) is 3. The van der Waals surface area contributed by atoms with E-state index in [4.69, 9.17) is 0 Å². The van der Waals surface area contributed by atoms with E-state index in [0.29, 0.717) is 23.3 Å². The van der Waals surface area contributed by atoms with Crippen LogP contribution in [0.2, 0.25) is 0 Å². The first kappa shape index (κ1) is 13.5. The van der Waals surface area contributed by atoms with Gasteiger partial charge in [0.05, 0.1) is 23.0 Å². The fraction of sp³-hybridized carbons (Fsp3) is 0.556. The fourth-order valence-electron chi connectivity index (χ4n) is 5.53. The lowest BCUT2D eigenvalue weighted by Crippen LogP contribution is -2.61. The van der Waals surface area contributed by atoms with Crippen molar-refractivity contribution in [2.75, 3.05) is 0 Å². The van der Waals surface area contributed by atoms with E-state index in [-0.39, 0.29) is 11.9 Å². The standard InChI is InChI=1S/C18H21N3O2/c22-17(11-1-2-14-15(5-11)20-9-19-14)21-16-12-3-10-4-13(16)8-18(23,6-10)7-12/h1-2,5,9-10,12-13,16,23H,3-4,6-8H2,(H,19,20)(H,21,22). The molecule has 6 rings (SSSR count). The Morgan fingerprint density at radius 3 is 2.78 bits per heavy atom. The molecule has 2 unspecified atom stereocenters. The maximum atomic E-state index is 12.7. The van der Waals surface area contributed by atoms with Crippen molar-refractivity contribution in [3.8, 4) is 0 Å². The van der Waals surface area contributed by atoms with Crippen LogP contribution in [0.5, 0.6) is 0 Å². The first-order valence-corrected chi connectivity index (χ1v) is 8.56. The van der Waals surface area contributed by atoms with Gasteiger partial charge in [0.15, 0.2) is 0 Å². The predicted octanol–water partition coefficient (Wildman–Crippen LogP) is 2.23. The molecule has 0 spiro atoms. The molecule has 23 heavy (non-hydrogen) atoms. The molecule has 0 saturated heterocycles. The van der Waals surface area contributed by atoms with E-state index in [0.717, 1.165) is 43.1 Å². The third-order valence-corrected chi connectivity index (χ3v) is 6.22. The molecule has 4 aliphatic carbocycles. The molecule has 3 N–H and O–H groups in total. The predicted molar refractivity (Wildman–Crippen MR) is 85.9 cm³/mol. The molecular formula is C18H21N3O2. The smallest absolute Gasteiger partial charge is 0.251 e. The molecule has 5 heteroatoms. The molecule has 120 valence electrons. The van der Waals surface area contributed by atoms with Crippen LogP contribution in [-0.4, -0.2) is 32.6 Å². The monoisotopic (exact) mass is 311 g/mol. The number of aromatic amines is 1. The molecule has 4 aliphatic rings. The first-order valence-electron chi connectivity index (χ1n) is 8.56. The minimum atomic E-state index is -0.452. The number of H-pyrrole nitrogens is 1. The molecule has 0 aliphatic heterocycles. The van der Waals surface area contributed by atoms with Crippen LogP contribution in [0.25, 0.3) is 11.0 Å². The number of hydrogen-bond donors (Lipinski definition) is 3. The maximum absolute atomic E-state index is 12.7. The highest BCUT2D eigenvalue weighted by molar-refractivity contribution is 5.97. The van der Waals surface area contributed by atoms with Crippen LogP contribution in [-0.2, 0) is 0 Å². The van der Waals surface area contributed by atoms with Crippen molar-refractivity contribution >= 4 is 16.9 Å². The summed E-state index contributed by atoms with van der Waals surface area (Å²) >= 11 is 0. The Hall–Kier alpha value is -1.88. The lowest BCUT2D eigenvalue weighted by atomic mass is 9.52. The van der Waals surface area contributed by atoms with Gasteiger partial charge in [-0.1, -0.05) is 0 Å². The second kappa shape index (κ2) is 4.57. The Labute approximate surface area is 134 Å². The van der Waals surface area contributed by atoms with Crippen LogP contribution >= 0.6 is 0 Å². The number of nitrogens with one attached hydrogen (secondary N) is 2. The average Bonchev–Trinajstić information content (AvgIpc) is 2.96. The van der Waals surface area contributed by atoms with E-state index < -0.39 is 5.60 Å². The molecule has 1 aromatic carbocycles. The minimum absolute atomic E-state index is 0.00837. The number of imidazole rings is 1. The summed E-state index contributed by atoms with van der Waals surface area (Å²) in [5, 5.41) is 13.9. The number of fused-ring (bicyclic) bond motifs is 1. The number of nitrogens with zero attached hydrogens (tertiary/aromatic N) is 1. The van der Waals surface area contributed by atoms with Crippen LogP contribution in [0.4, 0.5) is 0 Å². The molecule has 2 aromatic rings. The Morgan fingerprint density at radius 2 is 2.04 bits per heavy atom. The molecule has 1 amide bonds. The molecule has 4 fully saturated rings. The van der Waals surface area contributed by atoms with Gasteiger partial charge in [-0.2, -0.15) is 0 Å². The zero-order valence-corrected chi connectivity index (χ0v) is 13.0. The van der Waals surface area contributed by atoms with Gasteiger partial charge in [-0.15, -0.1) is 0 Å². The summed E-state index contributed by atoms with van der Waals surface area (Å²) in [7, 11) is 0. The molecule has 4 bridgehead atoms. The SMILES string of the molecule is O=C(NC1C2CC3CC1CC(O)(C3)C2)c1ccc2nc[nH]c2c1. The first-order chi connectivity index (χ1) is 11.1. The van der Waals surface area contributed by atoms with Gasteiger partial charge < -0.3 is 15.4 Å². The van der Waals surface area contributed by atoms with Crippen molar-refractivity contribution in [3.63, 3.8) is 0 Å². The van der Waals surface area contributed by atoms with E-state index in [1.165, 1.54) is 0 Å². The van der Waals surface area contributed by atoms with Gasteiger partial charge in [-0.25, -0.2) is 4.98 Å². The van der Waals surface area contributed by atoms with Crippen LogP contribution in [0.3, 0.4) is 0 Å². The summed E-state index contributed by atoms with van der Waals surface area (Å²) in [4.78, 5) is 19.9. The topological polar surface area (TPSA) is 78.0 Å². The normalized spacial score (nSPS) is 38.1. The van der Waals surface area contributed by atoms with Crippen LogP contribution in [0, 0.1) is 17.8 Å². The lowest BCUT2D eigenvalue weighted by molar-refractivity contribution is -0.136. The van der Waals surface area contributed by atoms with E-state index in [1.807, 2.05) is 18.2 Å². The second-order valence-electron chi connectivity index (χ2n) is 7.83. The number of rotatable bonds is 2. The molecule has 1 heterocycles. The molecular weight excluding hydrogens is 290 g/mol. The summed E-state index contributed by atoms with van der Waals surface area (Å²) in [6, 6.07) is 5.79. The van der Waals surface area contributed by atoms with Crippen molar-refractivity contribution in [2.24, 2.45) is 17.8 Å². The highest BCUT2D eigenvalue weighted by atomic mass is 16.3. The second-order valence-corrected chi connectivity index (χ2v) is 7.83. The zero-order chi connectivity index (χ0) is 15.6. The van der Waals surface area contributed by atoms with Gasteiger partial charge in [0, 0.05) is 11.6 Å². The quantitative estimate of drug-likeness (QED) is 0.796. The van der Waals surface area contributed by atoms with Crippen molar-refractivity contribution in [1.82, 2.24) is 15.3 Å². The molecule has 1 aromatic heterocycles. The van der Waals surface area contributed by atoms with Gasteiger partial charge in [-0.3, -0.25) is 4.79 Å². The van der Waals surface area contributed by atoms with Gasteiger partial charge in [0.1, 0.15) is 0 Å². The van der Waals surface area contributed by atoms with Crippen molar-refractivity contribution in [3.05, 3.63) is 30.1 Å². The van der Waals surface area contributed by atoms with Gasteiger partial charge >= 0.3 is 0 Å². The number of carbonyl (C=O) groups is 1. The average molecular weight is 311 g/mol. The van der Waals surface area contributed by atoms with Crippen LogP contribution in [0.1, 0.15) is 42.5 Å². The molecule has 4 saturated carbocycles. The van der Waals surface area contributed by atoms with Crippen molar-refractivity contribution in [2.45, 2.75) is 43.7 Å². The van der Waals surface area contributed by atoms with E-state index in [2.05, 4.69) is 15.3 Å². The van der Waals surface area contributed by atoms with Crippen molar-refractivity contribution in [1.29, 1.82) is 0 Å². The van der Waals surface area contributed by atoms with Crippen LogP contribution < -0.4 is 5.32 Å². The van der Waals surface area contributed by atoms with E-state index in [9.17, 15) is 9.90 Å². The highest BCUT2D eigenvalue weighted by Crippen LogP contribution is 2.55. The third kappa shape index (κ3) is 2.10. The van der Waals surface area contributed by atoms with Gasteiger partial charge in [0.2, 0.25) is 0 Å². The minimum Gasteiger partial charge on any atom is -0.390 e. The Kier molecular flexibility index (Phi) is 2.69. The zero-order valence-electron chi connectivity index (χ0n) is 13.0. The summed E-state index contributed by atoms with van der Waals surface area (Å²) in [6.45, 7) is 0. The number of aliphatic hydroxyl groups is 1. The Morgan fingerprint density at radius 1 is 1.26 bits per heavy atom. The Bertz CT molecular complexity index is 767. The summed E-state index contributed by atoms with van der Waals surface area (Å²) in [5.74, 6) is 1.52. The van der Waals surface area contributed by atoms with Crippen molar-refractivity contribution < 1.29 is 9.90 Å². The Balaban J connectivity index is 1.38. The van der Waals surface area contributed by atoms with E-state index >= 15 is 0 Å². The van der Waals surface area contributed by atoms with Gasteiger partial charge in [-0.05, 0) is 68.1 Å². The molecule has 2 atom stereocenters. The third-order valence-electron chi connectivity index (χ3n) is 6.22. The lowest BCUT2D eigenvalue weighted by Gasteiger charge is -2.58. The number of benzene rings is 1. The summed E-state index contributed by atoms with van der Waals surface area (Å²) in [6.07, 6.45) is 6.63. The van der Waals surface area contributed by atoms with Crippen LogP contribution in [0.15, 0.2) is 24.5 Å². The molecule has 5 nitrogen and oxygen atoms in total.